The molecule has 0 aliphatic carbocycles. The number of benzene rings is 9. The Labute approximate surface area is 469 Å². The maximum absolute atomic E-state index is 6.41. The molecular formula is C58H40I6O2. The Kier molecular flexibility index (Phi) is 15.8. The normalized spacial score (nSPS) is 11.6. The van der Waals surface area contributed by atoms with Gasteiger partial charge in [0.25, 0.3) is 0 Å². The summed E-state index contributed by atoms with van der Waals surface area (Å²) >= 11 is 14.3. The van der Waals surface area contributed by atoms with Gasteiger partial charge in [0.1, 0.15) is 24.7 Å². The number of hydrogen-bond donors (Lipinski definition) is 0. The van der Waals surface area contributed by atoms with Crippen LogP contribution in [0.2, 0.25) is 0 Å². The molecule has 0 heterocycles. The van der Waals surface area contributed by atoms with Crippen molar-refractivity contribution < 1.29 is 9.47 Å². The van der Waals surface area contributed by atoms with Crippen molar-refractivity contribution in [2.75, 3.05) is 0 Å². The van der Waals surface area contributed by atoms with Crippen LogP contribution in [-0.2, 0) is 24.0 Å². The molecule has 66 heavy (non-hydrogen) atoms. The van der Waals surface area contributed by atoms with Crippen LogP contribution < -0.4 is 9.47 Å². The molecule has 0 saturated carbocycles. The fourth-order valence-electron chi connectivity index (χ4n) is 8.87. The van der Waals surface area contributed by atoms with Gasteiger partial charge in [-0.2, -0.15) is 0 Å². The van der Waals surface area contributed by atoms with E-state index in [2.05, 4.69) is 354 Å². The minimum atomic E-state index is -0.522. The average molecular weight is 1530 g/mol. The van der Waals surface area contributed by atoms with Crippen molar-refractivity contribution in [2.45, 2.75) is 24.0 Å². The molecule has 0 radical (unpaired) electrons. The van der Waals surface area contributed by atoms with Gasteiger partial charge in [-0.05, 0) is 288 Å². The second-order valence-electron chi connectivity index (χ2n) is 16.0. The first-order valence-electron chi connectivity index (χ1n) is 21.2. The first kappa shape index (κ1) is 48.0. The lowest BCUT2D eigenvalue weighted by Gasteiger charge is -2.37. The number of halogens is 6. The maximum Gasteiger partial charge on any atom is 0.119 e. The highest BCUT2D eigenvalue weighted by molar-refractivity contribution is 14.1. The van der Waals surface area contributed by atoms with Gasteiger partial charge < -0.3 is 9.47 Å². The van der Waals surface area contributed by atoms with Gasteiger partial charge in [-0.15, -0.1) is 0 Å². The van der Waals surface area contributed by atoms with Crippen molar-refractivity contribution in [2.24, 2.45) is 0 Å². The van der Waals surface area contributed by atoms with Crippen molar-refractivity contribution in [1.29, 1.82) is 0 Å². The molecule has 326 valence electrons. The van der Waals surface area contributed by atoms with Gasteiger partial charge in [-0.25, -0.2) is 0 Å². The lowest BCUT2D eigenvalue weighted by Crippen LogP contribution is -2.31. The van der Waals surface area contributed by atoms with E-state index < -0.39 is 10.8 Å². The molecule has 0 fully saturated rings. The topological polar surface area (TPSA) is 18.5 Å². The predicted molar refractivity (Wildman–Crippen MR) is 321 cm³/mol. The Hall–Kier alpha value is -3.04. The minimum Gasteiger partial charge on any atom is -0.489 e. The summed E-state index contributed by atoms with van der Waals surface area (Å²) in [6, 6.07) is 79.4. The van der Waals surface area contributed by atoms with Gasteiger partial charge in [0, 0.05) is 21.4 Å². The van der Waals surface area contributed by atoms with Gasteiger partial charge in [0.15, 0.2) is 0 Å². The molecule has 0 saturated heterocycles. The van der Waals surface area contributed by atoms with Crippen LogP contribution in [0.15, 0.2) is 218 Å². The quantitative estimate of drug-likeness (QED) is 0.0798. The largest absolute Gasteiger partial charge is 0.489 e. The second-order valence-corrected chi connectivity index (χ2v) is 23.5. The molecule has 0 aliphatic rings. The molecule has 0 amide bonds. The zero-order valence-corrected chi connectivity index (χ0v) is 48.2. The lowest BCUT2D eigenvalue weighted by atomic mass is 9.65. The molecule has 0 N–H and O–H groups in total. The third kappa shape index (κ3) is 10.4. The van der Waals surface area contributed by atoms with Gasteiger partial charge in [-0.3, -0.25) is 0 Å². The monoisotopic (exact) mass is 1530 g/mol. The van der Waals surface area contributed by atoms with E-state index in [1.165, 1.54) is 65.9 Å². The van der Waals surface area contributed by atoms with Crippen molar-refractivity contribution >= 4 is 136 Å². The summed E-state index contributed by atoms with van der Waals surface area (Å²) in [4.78, 5) is 0. The van der Waals surface area contributed by atoms with Crippen molar-refractivity contribution in [3.63, 3.8) is 0 Å². The van der Waals surface area contributed by atoms with E-state index in [4.69, 9.17) is 9.47 Å². The highest BCUT2D eigenvalue weighted by Gasteiger charge is 2.40. The third-order valence-electron chi connectivity index (χ3n) is 12.1. The third-order valence-corrected chi connectivity index (χ3v) is 16.4. The summed E-state index contributed by atoms with van der Waals surface area (Å²) in [5, 5.41) is 0. The van der Waals surface area contributed by atoms with Crippen molar-refractivity contribution in [3.05, 3.63) is 295 Å². The fraction of sp³-hybridized carbons (Fsp3) is 0.0690. The summed E-state index contributed by atoms with van der Waals surface area (Å²) in [5.41, 5.74) is 10.8. The van der Waals surface area contributed by atoms with E-state index in [1.54, 1.807) is 0 Å². The van der Waals surface area contributed by atoms with Crippen LogP contribution in [0.25, 0.3) is 0 Å². The molecule has 0 atom stereocenters. The molecule has 9 rings (SSSR count). The molecular weight excluding hydrogens is 1490 g/mol. The zero-order valence-electron chi connectivity index (χ0n) is 35.3. The number of ether oxygens (including phenoxy) is 2. The molecule has 0 aromatic heterocycles. The van der Waals surface area contributed by atoms with E-state index in [-0.39, 0.29) is 0 Å². The zero-order chi connectivity index (χ0) is 45.7. The first-order valence-corrected chi connectivity index (χ1v) is 27.7. The number of rotatable bonds is 14. The molecule has 2 nitrogen and oxygen atoms in total. The van der Waals surface area contributed by atoms with E-state index in [0.29, 0.717) is 13.2 Å². The molecule has 0 aliphatic heterocycles. The average Bonchev–Trinajstić information content (AvgIpc) is 3.35. The van der Waals surface area contributed by atoms with E-state index >= 15 is 0 Å². The van der Waals surface area contributed by atoms with Gasteiger partial charge in [0.2, 0.25) is 0 Å². The van der Waals surface area contributed by atoms with Crippen molar-refractivity contribution in [1.82, 2.24) is 0 Å². The Morgan fingerprint density at radius 1 is 0.227 bits per heavy atom. The molecule has 0 bridgehead atoms. The summed E-state index contributed by atoms with van der Waals surface area (Å²) in [5.74, 6) is 1.65. The summed E-state index contributed by atoms with van der Waals surface area (Å²) < 4.78 is 20.1. The van der Waals surface area contributed by atoms with Crippen LogP contribution >= 0.6 is 136 Å². The van der Waals surface area contributed by atoms with Gasteiger partial charge in [-0.1, -0.05) is 121 Å². The van der Waals surface area contributed by atoms with Crippen LogP contribution in [0, 0.1) is 21.4 Å². The van der Waals surface area contributed by atoms with Gasteiger partial charge in [0.05, 0.1) is 10.8 Å². The van der Waals surface area contributed by atoms with Crippen LogP contribution in [0.5, 0.6) is 11.5 Å². The SMILES string of the molecule is Ic1ccc(C(c2ccc(I)cc2)(c2ccc(I)cc2)c2ccc(OCc3ccc(COc4ccc(C(c5ccc(I)cc5)(c5ccc(I)cc5)c5ccc(I)cc5)cc4)cc3)cc2)cc1. The summed E-state index contributed by atoms with van der Waals surface area (Å²) in [6.07, 6.45) is 0. The standard InChI is InChI=1S/C58H40I6O2/c59-49-21-5-41(6-22-49)57(42-7-23-50(60)24-8-42,43-9-25-51(61)26-10-43)47-17-33-55(34-18-47)65-37-39-1-2-40(4-3-39)38-66-56-35-19-48(20-36-56)58(44-11-27-52(62)28-12-44,45-13-29-53(63)30-14-45)46-15-31-54(64)32-16-46/h1-36H,37-38H2. The molecule has 9 aromatic carbocycles. The van der Waals surface area contributed by atoms with E-state index in [1.807, 2.05) is 0 Å². The first-order chi connectivity index (χ1) is 32.1. The van der Waals surface area contributed by atoms with E-state index in [0.717, 1.165) is 22.6 Å². The van der Waals surface area contributed by atoms with Crippen LogP contribution in [0.4, 0.5) is 0 Å². The molecule has 0 spiro atoms. The van der Waals surface area contributed by atoms with Crippen LogP contribution in [-0.4, -0.2) is 0 Å². The van der Waals surface area contributed by atoms with E-state index in [9.17, 15) is 0 Å². The fourth-order valence-corrected chi connectivity index (χ4v) is 11.0. The van der Waals surface area contributed by atoms with Gasteiger partial charge >= 0.3 is 0 Å². The Morgan fingerprint density at radius 2 is 0.394 bits per heavy atom. The Balaban J connectivity index is 0.915. The number of hydrogen-bond acceptors (Lipinski definition) is 2. The highest BCUT2D eigenvalue weighted by Crippen LogP contribution is 2.47. The van der Waals surface area contributed by atoms with Crippen LogP contribution in [0.3, 0.4) is 0 Å². The smallest absolute Gasteiger partial charge is 0.119 e. The molecule has 0 unspecified atom stereocenters. The molecule has 9 aromatic rings. The highest BCUT2D eigenvalue weighted by atomic mass is 127. The molecule has 8 heteroatoms. The van der Waals surface area contributed by atoms with Crippen LogP contribution in [0.1, 0.15) is 55.6 Å². The predicted octanol–water partition coefficient (Wildman–Crippen LogP) is 17.2. The minimum absolute atomic E-state index is 0.460. The lowest BCUT2D eigenvalue weighted by molar-refractivity contribution is 0.302. The summed E-state index contributed by atoms with van der Waals surface area (Å²) in [7, 11) is 0. The maximum atomic E-state index is 6.41. The Morgan fingerprint density at radius 3 is 0.576 bits per heavy atom. The van der Waals surface area contributed by atoms with Crippen molar-refractivity contribution in [3.8, 4) is 11.5 Å². The second kappa shape index (κ2) is 21.7. The Bertz CT molecular complexity index is 2580. The summed E-state index contributed by atoms with van der Waals surface area (Å²) in [6.45, 7) is 0.920.